The van der Waals surface area contributed by atoms with E-state index in [1.54, 1.807) is 26.4 Å². The highest BCUT2D eigenvalue weighted by atomic mass is 16.7. The molecule has 0 spiro atoms. The minimum absolute atomic E-state index is 0.0674. The van der Waals surface area contributed by atoms with Crippen LogP contribution in [-0.2, 0) is 15.9 Å². The Kier molecular flexibility index (Phi) is 10.5. The van der Waals surface area contributed by atoms with E-state index in [4.69, 9.17) is 28.4 Å². The highest BCUT2D eigenvalue weighted by molar-refractivity contribution is 5.54. The Labute approximate surface area is 183 Å². The van der Waals surface area contributed by atoms with Crippen LogP contribution in [0.4, 0.5) is 0 Å². The molecule has 0 aliphatic heterocycles. The maximum absolute atomic E-state index is 10.4. The van der Waals surface area contributed by atoms with Crippen molar-refractivity contribution in [2.75, 3.05) is 41.5 Å². The monoisotopic (exact) mass is 430 g/mol. The van der Waals surface area contributed by atoms with Crippen molar-refractivity contribution < 1.29 is 33.5 Å². The van der Waals surface area contributed by atoms with Gasteiger partial charge in [-0.05, 0) is 55.7 Å². The number of para-hydroxylation sites is 1. The van der Waals surface area contributed by atoms with Gasteiger partial charge in [-0.1, -0.05) is 17.9 Å². The van der Waals surface area contributed by atoms with E-state index in [-0.39, 0.29) is 13.6 Å². The Hall–Kier alpha value is -2.92. The van der Waals surface area contributed by atoms with Crippen LogP contribution in [0, 0.1) is 11.8 Å². The molecule has 31 heavy (non-hydrogen) atoms. The number of aliphatic hydroxyl groups is 1. The lowest BCUT2D eigenvalue weighted by Gasteiger charge is -2.13. The van der Waals surface area contributed by atoms with Crippen molar-refractivity contribution >= 4 is 0 Å². The van der Waals surface area contributed by atoms with E-state index < -0.39 is 6.10 Å². The number of hydrogen-bond donors (Lipinski definition) is 1. The molecule has 0 aliphatic rings. The molecule has 0 amide bonds. The van der Waals surface area contributed by atoms with Crippen molar-refractivity contribution in [3.63, 3.8) is 0 Å². The fraction of sp³-hybridized carbons (Fsp3) is 0.417. The van der Waals surface area contributed by atoms with Crippen LogP contribution in [0.5, 0.6) is 23.0 Å². The summed E-state index contributed by atoms with van der Waals surface area (Å²) in [5.74, 6) is 8.28. The van der Waals surface area contributed by atoms with Crippen molar-refractivity contribution in [1.29, 1.82) is 0 Å². The van der Waals surface area contributed by atoms with Crippen molar-refractivity contribution in [1.82, 2.24) is 0 Å². The highest BCUT2D eigenvalue weighted by Gasteiger charge is 2.11. The van der Waals surface area contributed by atoms with Gasteiger partial charge in [0.25, 0.3) is 0 Å². The number of aryl methyl sites for hydroxylation is 1. The summed E-state index contributed by atoms with van der Waals surface area (Å²) in [6, 6.07) is 10.9. The molecule has 2 rings (SSSR count). The second-order valence-electron chi connectivity index (χ2n) is 6.44. The lowest BCUT2D eigenvalue weighted by molar-refractivity contribution is 0.0217. The molecule has 0 saturated carbocycles. The van der Waals surface area contributed by atoms with Gasteiger partial charge >= 0.3 is 0 Å². The number of aliphatic hydroxyl groups excluding tert-OH is 1. The van der Waals surface area contributed by atoms with E-state index in [1.165, 1.54) is 7.11 Å². The lowest BCUT2D eigenvalue weighted by Crippen LogP contribution is -2.08. The number of methoxy groups -OCH3 is 3. The predicted molar refractivity (Wildman–Crippen MR) is 117 cm³/mol. The van der Waals surface area contributed by atoms with E-state index in [9.17, 15) is 5.11 Å². The van der Waals surface area contributed by atoms with E-state index in [0.717, 1.165) is 11.3 Å². The fourth-order valence-electron chi connectivity index (χ4n) is 2.77. The van der Waals surface area contributed by atoms with E-state index in [2.05, 4.69) is 11.8 Å². The van der Waals surface area contributed by atoms with Gasteiger partial charge in [-0.3, -0.25) is 0 Å². The second-order valence-corrected chi connectivity index (χ2v) is 6.44. The van der Waals surface area contributed by atoms with Gasteiger partial charge in [-0.15, -0.1) is 0 Å². The molecule has 0 radical (unpaired) electrons. The third-order valence-electron chi connectivity index (χ3n) is 4.35. The Balaban J connectivity index is 2.10. The zero-order valence-electron chi connectivity index (χ0n) is 18.5. The van der Waals surface area contributed by atoms with Gasteiger partial charge in [-0.25, -0.2) is 0 Å². The Morgan fingerprint density at radius 1 is 0.968 bits per heavy atom. The maximum atomic E-state index is 10.4. The molecule has 1 N–H and O–H groups in total. The second kappa shape index (κ2) is 13.4. The fourth-order valence-corrected chi connectivity index (χ4v) is 2.77. The van der Waals surface area contributed by atoms with Crippen molar-refractivity contribution in [3.8, 4) is 34.8 Å². The largest absolute Gasteiger partial charge is 0.497 e. The van der Waals surface area contributed by atoms with Crippen LogP contribution < -0.4 is 18.9 Å². The van der Waals surface area contributed by atoms with Crippen LogP contribution in [0.25, 0.3) is 0 Å². The smallest absolute Gasteiger partial charge is 0.189 e. The van der Waals surface area contributed by atoms with Gasteiger partial charge in [0.2, 0.25) is 0 Å². The highest BCUT2D eigenvalue weighted by Crippen LogP contribution is 2.30. The molecule has 1 unspecified atom stereocenters. The van der Waals surface area contributed by atoms with Crippen LogP contribution >= 0.6 is 0 Å². The van der Waals surface area contributed by atoms with Crippen LogP contribution in [0.15, 0.2) is 36.4 Å². The normalized spacial score (nSPS) is 11.3. The SMILES string of the molecule is CCOCOc1ccc(OC)cc1CCC(O)C#Cc1cccc(OC)c1OCOC. The zero-order chi connectivity index (χ0) is 22.5. The average molecular weight is 430 g/mol. The molecule has 0 heterocycles. The van der Waals surface area contributed by atoms with E-state index in [0.29, 0.717) is 42.3 Å². The summed E-state index contributed by atoms with van der Waals surface area (Å²) in [5, 5.41) is 10.4. The molecular formula is C24H30O7. The number of rotatable bonds is 12. The van der Waals surface area contributed by atoms with Gasteiger partial charge in [0.15, 0.2) is 25.1 Å². The minimum atomic E-state index is -0.840. The maximum Gasteiger partial charge on any atom is 0.189 e. The van der Waals surface area contributed by atoms with Crippen LogP contribution in [0.2, 0.25) is 0 Å². The van der Waals surface area contributed by atoms with Gasteiger partial charge in [0.1, 0.15) is 17.6 Å². The van der Waals surface area contributed by atoms with Crippen molar-refractivity contribution in [2.24, 2.45) is 0 Å². The van der Waals surface area contributed by atoms with Gasteiger partial charge < -0.3 is 33.5 Å². The summed E-state index contributed by atoms with van der Waals surface area (Å²) >= 11 is 0. The standard InChI is InChI=1S/C24H30O7/c1-5-29-17-30-22-14-13-21(27-3)15-19(22)10-12-20(25)11-9-18-7-6-8-23(28-4)24(18)31-16-26-2/h6-8,13-15,20,25H,5,10,12,16-17H2,1-4H3. The molecule has 1 atom stereocenters. The third kappa shape index (κ3) is 7.68. The summed E-state index contributed by atoms with van der Waals surface area (Å²) in [4.78, 5) is 0. The van der Waals surface area contributed by atoms with Crippen LogP contribution in [0.1, 0.15) is 24.5 Å². The summed E-state index contributed by atoms with van der Waals surface area (Å²) in [6.07, 6.45) is 0.135. The molecule has 2 aromatic rings. The van der Waals surface area contributed by atoms with E-state index in [1.807, 2.05) is 31.2 Å². The van der Waals surface area contributed by atoms with Crippen LogP contribution in [0.3, 0.4) is 0 Å². The summed E-state index contributed by atoms with van der Waals surface area (Å²) in [5.41, 5.74) is 1.52. The Bertz CT molecular complexity index is 870. The molecule has 0 aliphatic carbocycles. The van der Waals surface area contributed by atoms with Gasteiger partial charge in [0, 0.05) is 13.7 Å². The van der Waals surface area contributed by atoms with Crippen LogP contribution in [-0.4, -0.2) is 52.7 Å². The van der Waals surface area contributed by atoms with Crippen molar-refractivity contribution in [2.45, 2.75) is 25.9 Å². The quantitative estimate of drug-likeness (QED) is 0.314. The molecule has 2 aromatic carbocycles. The number of hydrogen-bond acceptors (Lipinski definition) is 7. The predicted octanol–water partition coefficient (Wildman–Crippen LogP) is 3.40. The Morgan fingerprint density at radius 2 is 1.81 bits per heavy atom. The first kappa shape index (κ1) is 24.4. The molecule has 0 fully saturated rings. The first-order valence-electron chi connectivity index (χ1n) is 9.98. The van der Waals surface area contributed by atoms with E-state index >= 15 is 0 Å². The summed E-state index contributed by atoms with van der Waals surface area (Å²) in [6.45, 7) is 2.71. The Morgan fingerprint density at radius 3 is 2.52 bits per heavy atom. The molecule has 7 heteroatoms. The topological polar surface area (TPSA) is 75.6 Å². The molecule has 7 nitrogen and oxygen atoms in total. The lowest BCUT2D eigenvalue weighted by atomic mass is 10.0. The first-order chi connectivity index (χ1) is 15.1. The van der Waals surface area contributed by atoms with Crippen molar-refractivity contribution in [3.05, 3.63) is 47.5 Å². The molecule has 168 valence electrons. The molecule has 0 aromatic heterocycles. The average Bonchev–Trinajstić information content (AvgIpc) is 2.80. The minimum Gasteiger partial charge on any atom is -0.497 e. The molecular weight excluding hydrogens is 400 g/mol. The molecule has 0 saturated heterocycles. The first-order valence-corrected chi connectivity index (χ1v) is 9.98. The van der Waals surface area contributed by atoms with Gasteiger partial charge in [-0.2, -0.15) is 0 Å². The molecule has 0 bridgehead atoms. The third-order valence-corrected chi connectivity index (χ3v) is 4.35. The van der Waals surface area contributed by atoms with Gasteiger partial charge in [0.05, 0.1) is 19.8 Å². The zero-order valence-corrected chi connectivity index (χ0v) is 18.5. The number of ether oxygens (including phenoxy) is 6. The number of benzene rings is 2. The summed E-state index contributed by atoms with van der Waals surface area (Å²) < 4.78 is 32.1. The summed E-state index contributed by atoms with van der Waals surface area (Å²) in [7, 11) is 4.70.